The molecule has 0 bridgehead atoms. The Morgan fingerprint density at radius 2 is 2.40 bits per heavy atom. The molecule has 1 unspecified atom stereocenters. The molecule has 1 atom stereocenters. The van der Waals surface area contributed by atoms with E-state index in [0.29, 0.717) is 30.2 Å². The highest BCUT2D eigenvalue weighted by Gasteiger charge is 2.28. The lowest BCUT2D eigenvalue weighted by Gasteiger charge is -2.35. The summed E-state index contributed by atoms with van der Waals surface area (Å²) in [7, 11) is 0. The van der Waals surface area contributed by atoms with Gasteiger partial charge in [0.25, 0.3) is 0 Å². The molecule has 0 spiro atoms. The molecular formula is C14H19ClFN3O. The van der Waals surface area contributed by atoms with E-state index in [-0.39, 0.29) is 17.8 Å². The van der Waals surface area contributed by atoms with E-state index in [1.54, 1.807) is 6.07 Å². The molecule has 1 saturated heterocycles. The minimum Gasteiger partial charge on any atom is -0.355 e. The van der Waals surface area contributed by atoms with Crippen LogP contribution in [0.2, 0.25) is 5.02 Å². The summed E-state index contributed by atoms with van der Waals surface area (Å²) >= 11 is 6.09. The highest BCUT2D eigenvalue weighted by Crippen LogP contribution is 2.20. The summed E-state index contributed by atoms with van der Waals surface area (Å²) in [5, 5.41) is 6.56. The number of hydrogen-bond acceptors (Lipinski definition) is 3. The van der Waals surface area contributed by atoms with Crippen molar-refractivity contribution in [1.82, 2.24) is 15.5 Å². The molecular weight excluding hydrogens is 281 g/mol. The van der Waals surface area contributed by atoms with Gasteiger partial charge in [-0.1, -0.05) is 11.6 Å². The van der Waals surface area contributed by atoms with E-state index in [1.807, 2.05) is 11.8 Å². The zero-order valence-corrected chi connectivity index (χ0v) is 12.2. The van der Waals surface area contributed by atoms with E-state index in [4.69, 9.17) is 11.6 Å². The summed E-state index contributed by atoms with van der Waals surface area (Å²) in [4.78, 5) is 14.1. The predicted molar refractivity (Wildman–Crippen MR) is 77.2 cm³/mol. The first-order valence-electron chi connectivity index (χ1n) is 6.78. The van der Waals surface area contributed by atoms with Gasteiger partial charge in [-0.3, -0.25) is 9.69 Å². The number of piperazine rings is 1. The molecule has 110 valence electrons. The van der Waals surface area contributed by atoms with Crippen molar-refractivity contribution in [3.05, 3.63) is 34.6 Å². The van der Waals surface area contributed by atoms with Crippen LogP contribution in [0.1, 0.15) is 12.5 Å². The van der Waals surface area contributed by atoms with Crippen LogP contribution < -0.4 is 10.6 Å². The number of likely N-dealkylation sites (N-methyl/N-ethyl adjacent to an activating group) is 1. The van der Waals surface area contributed by atoms with Gasteiger partial charge < -0.3 is 10.6 Å². The summed E-state index contributed by atoms with van der Waals surface area (Å²) in [6.07, 6.45) is 0. The Hall–Kier alpha value is -1.17. The molecule has 4 nitrogen and oxygen atoms in total. The van der Waals surface area contributed by atoms with E-state index < -0.39 is 0 Å². The molecule has 1 amide bonds. The molecule has 1 heterocycles. The molecule has 0 radical (unpaired) electrons. The SMILES string of the molecule is CCNC(=O)C1CNCCN1Cc1cc(F)ccc1Cl. The summed E-state index contributed by atoms with van der Waals surface area (Å²) in [5.41, 5.74) is 0.711. The van der Waals surface area contributed by atoms with Crippen LogP contribution >= 0.6 is 11.6 Å². The van der Waals surface area contributed by atoms with Crippen molar-refractivity contribution in [2.75, 3.05) is 26.2 Å². The average Bonchev–Trinajstić information content (AvgIpc) is 2.44. The van der Waals surface area contributed by atoms with Gasteiger partial charge in [-0.2, -0.15) is 0 Å². The second-order valence-corrected chi connectivity index (χ2v) is 5.23. The van der Waals surface area contributed by atoms with E-state index >= 15 is 0 Å². The van der Waals surface area contributed by atoms with Crippen LogP contribution in [0.4, 0.5) is 4.39 Å². The Balaban J connectivity index is 2.12. The van der Waals surface area contributed by atoms with E-state index in [1.165, 1.54) is 12.1 Å². The van der Waals surface area contributed by atoms with Crippen molar-refractivity contribution in [2.24, 2.45) is 0 Å². The van der Waals surface area contributed by atoms with Crippen LogP contribution in [0.3, 0.4) is 0 Å². The van der Waals surface area contributed by atoms with Gasteiger partial charge in [-0.25, -0.2) is 4.39 Å². The van der Waals surface area contributed by atoms with E-state index in [9.17, 15) is 9.18 Å². The quantitative estimate of drug-likeness (QED) is 0.883. The number of rotatable bonds is 4. The molecule has 0 aromatic heterocycles. The number of benzene rings is 1. The number of nitrogens with zero attached hydrogens (tertiary/aromatic N) is 1. The van der Waals surface area contributed by atoms with Crippen LogP contribution in [-0.4, -0.2) is 43.0 Å². The molecule has 0 aliphatic carbocycles. The Bertz CT molecular complexity index is 483. The number of hydrogen-bond donors (Lipinski definition) is 2. The second-order valence-electron chi connectivity index (χ2n) is 4.82. The molecule has 1 aliphatic rings. The van der Waals surface area contributed by atoms with Gasteiger partial charge in [0.15, 0.2) is 0 Å². The molecule has 1 aliphatic heterocycles. The number of carbonyl (C=O) groups excluding carboxylic acids is 1. The van der Waals surface area contributed by atoms with Crippen LogP contribution in [0.5, 0.6) is 0 Å². The fourth-order valence-corrected chi connectivity index (χ4v) is 2.55. The zero-order valence-electron chi connectivity index (χ0n) is 11.5. The largest absolute Gasteiger partial charge is 0.355 e. The van der Waals surface area contributed by atoms with Crippen molar-refractivity contribution < 1.29 is 9.18 Å². The van der Waals surface area contributed by atoms with Gasteiger partial charge in [0, 0.05) is 37.7 Å². The highest BCUT2D eigenvalue weighted by molar-refractivity contribution is 6.31. The minimum absolute atomic E-state index is 0.00720. The van der Waals surface area contributed by atoms with Crippen molar-refractivity contribution in [1.29, 1.82) is 0 Å². The normalized spacial score (nSPS) is 19.9. The Labute approximate surface area is 123 Å². The Morgan fingerprint density at radius 3 is 3.15 bits per heavy atom. The lowest BCUT2D eigenvalue weighted by Crippen LogP contribution is -2.57. The molecule has 1 aromatic carbocycles. The van der Waals surface area contributed by atoms with E-state index in [0.717, 1.165) is 13.1 Å². The lowest BCUT2D eigenvalue weighted by molar-refractivity contribution is -0.127. The van der Waals surface area contributed by atoms with Gasteiger partial charge in [0.2, 0.25) is 5.91 Å². The van der Waals surface area contributed by atoms with Gasteiger partial charge >= 0.3 is 0 Å². The van der Waals surface area contributed by atoms with Crippen LogP contribution in [0, 0.1) is 5.82 Å². The second kappa shape index (κ2) is 7.02. The van der Waals surface area contributed by atoms with E-state index in [2.05, 4.69) is 10.6 Å². The monoisotopic (exact) mass is 299 g/mol. The average molecular weight is 300 g/mol. The van der Waals surface area contributed by atoms with Crippen LogP contribution in [0.15, 0.2) is 18.2 Å². The first-order valence-corrected chi connectivity index (χ1v) is 7.16. The maximum absolute atomic E-state index is 13.3. The van der Waals surface area contributed by atoms with Crippen molar-refractivity contribution in [3.63, 3.8) is 0 Å². The third-order valence-corrected chi connectivity index (χ3v) is 3.76. The van der Waals surface area contributed by atoms with Gasteiger partial charge in [0.1, 0.15) is 11.9 Å². The lowest BCUT2D eigenvalue weighted by atomic mass is 10.1. The predicted octanol–water partition coefficient (Wildman–Crippen LogP) is 1.39. The molecule has 6 heteroatoms. The smallest absolute Gasteiger partial charge is 0.238 e. The first-order chi connectivity index (χ1) is 9.61. The standard InChI is InChI=1S/C14H19ClFN3O/c1-2-18-14(20)13-8-17-5-6-19(13)9-10-7-11(16)3-4-12(10)15/h3-4,7,13,17H,2,5-6,8-9H2,1H3,(H,18,20). The third-order valence-electron chi connectivity index (χ3n) is 3.39. The zero-order chi connectivity index (χ0) is 14.5. The Kier molecular flexibility index (Phi) is 5.34. The van der Waals surface area contributed by atoms with Crippen molar-refractivity contribution in [2.45, 2.75) is 19.5 Å². The molecule has 20 heavy (non-hydrogen) atoms. The molecule has 1 fully saturated rings. The van der Waals surface area contributed by atoms with Crippen LogP contribution in [0.25, 0.3) is 0 Å². The maximum Gasteiger partial charge on any atom is 0.238 e. The van der Waals surface area contributed by atoms with Gasteiger partial charge in [0.05, 0.1) is 0 Å². The topological polar surface area (TPSA) is 44.4 Å². The molecule has 0 saturated carbocycles. The number of carbonyl (C=O) groups is 1. The fourth-order valence-electron chi connectivity index (χ4n) is 2.37. The summed E-state index contributed by atoms with van der Waals surface area (Å²) in [6, 6.07) is 4.07. The third kappa shape index (κ3) is 3.69. The number of halogens is 2. The molecule has 2 rings (SSSR count). The highest BCUT2D eigenvalue weighted by atomic mass is 35.5. The summed E-state index contributed by atoms with van der Waals surface area (Å²) < 4.78 is 13.3. The summed E-state index contributed by atoms with van der Waals surface area (Å²) in [5.74, 6) is -0.318. The summed E-state index contributed by atoms with van der Waals surface area (Å²) in [6.45, 7) is 5.10. The fraction of sp³-hybridized carbons (Fsp3) is 0.500. The number of amides is 1. The van der Waals surface area contributed by atoms with Gasteiger partial charge in [-0.15, -0.1) is 0 Å². The maximum atomic E-state index is 13.3. The van der Waals surface area contributed by atoms with Gasteiger partial charge in [-0.05, 0) is 30.7 Å². The first kappa shape index (κ1) is 15.2. The van der Waals surface area contributed by atoms with Crippen molar-refractivity contribution in [3.8, 4) is 0 Å². The van der Waals surface area contributed by atoms with Crippen molar-refractivity contribution >= 4 is 17.5 Å². The van der Waals surface area contributed by atoms with Crippen LogP contribution in [-0.2, 0) is 11.3 Å². The minimum atomic E-state index is -0.311. The molecule has 2 N–H and O–H groups in total. The Morgan fingerprint density at radius 1 is 1.60 bits per heavy atom. The molecule has 1 aromatic rings. The number of nitrogens with one attached hydrogen (secondary N) is 2.